The van der Waals surface area contributed by atoms with Crippen molar-refractivity contribution >= 4 is 34.7 Å². The molecule has 3 aromatic rings. The van der Waals surface area contributed by atoms with Crippen molar-refractivity contribution in [2.45, 2.75) is 6.04 Å². The van der Waals surface area contributed by atoms with Crippen LogP contribution in [0.2, 0.25) is 5.02 Å². The number of para-hydroxylation sites is 1. The molecule has 0 bridgehead atoms. The molecule has 2 N–H and O–H groups in total. The van der Waals surface area contributed by atoms with Gasteiger partial charge in [0, 0.05) is 16.3 Å². The van der Waals surface area contributed by atoms with Gasteiger partial charge < -0.3 is 14.9 Å². The molecule has 0 unspecified atom stereocenters. The summed E-state index contributed by atoms with van der Waals surface area (Å²) in [7, 11) is 1.40. The van der Waals surface area contributed by atoms with E-state index in [-0.39, 0.29) is 22.8 Å². The molecule has 0 saturated carbocycles. The van der Waals surface area contributed by atoms with Crippen LogP contribution in [0.5, 0.6) is 11.5 Å². The van der Waals surface area contributed by atoms with Gasteiger partial charge in [-0.3, -0.25) is 14.5 Å². The van der Waals surface area contributed by atoms with E-state index in [1.165, 1.54) is 24.1 Å². The van der Waals surface area contributed by atoms with Crippen LogP contribution in [0.25, 0.3) is 5.76 Å². The second-order valence-electron chi connectivity index (χ2n) is 6.94. The van der Waals surface area contributed by atoms with Crippen molar-refractivity contribution in [3.63, 3.8) is 0 Å². The first kappa shape index (κ1) is 20.5. The molecule has 0 radical (unpaired) electrons. The molecule has 1 heterocycles. The highest BCUT2D eigenvalue weighted by Crippen LogP contribution is 2.43. The number of rotatable bonds is 4. The van der Waals surface area contributed by atoms with Crippen LogP contribution < -0.4 is 9.64 Å². The van der Waals surface area contributed by atoms with Gasteiger partial charge in [-0.2, -0.15) is 0 Å². The predicted octanol–water partition coefficient (Wildman–Crippen LogP) is 4.68. The van der Waals surface area contributed by atoms with Gasteiger partial charge in [0.1, 0.15) is 5.76 Å². The number of methoxy groups -OCH3 is 1. The van der Waals surface area contributed by atoms with Crippen molar-refractivity contribution in [1.82, 2.24) is 0 Å². The fourth-order valence-electron chi connectivity index (χ4n) is 3.63. The zero-order valence-electron chi connectivity index (χ0n) is 16.4. The van der Waals surface area contributed by atoms with E-state index in [4.69, 9.17) is 16.3 Å². The minimum absolute atomic E-state index is 0.0658. The van der Waals surface area contributed by atoms with Crippen LogP contribution in [0.4, 0.5) is 5.69 Å². The van der Waals surface area contributed by atoms with E-state index in [0.29, 0.717) is 21.8 Å². The number of hydrogen-bond donors (Lipinski definition) is 2. The minimum Gasteiger partial charge on any atom is -0.507 e. The summed E-state index contributed by atoms with van der Waals surface area (Å²) in [6.07, 6.45) is 0. The second-order valence-corrected chi connectivity index (χ2v) is 7.38. The summed E-state index contributed by atoms with van der Waals surface area (Å²) in [4.78, 5) is 27.4. The first-order valence-corrected chi connectivity index (χ1v) is 9.79. The number of carbonyl (C=O) groups excluding carboxylic acids is 2. The standard InChI is InChI=1S/C24H18ClNO5/c1-31-19-13-15(9-12-18(19)27)21-20(22(28)14-7-10-16(25)11-8-14)23(29)24(30)26(21)17-5-3-2-4-6-17/h2-13,21,27-28H,1H3/t21-/m0/s1. The highest BCUT2D eigenvalue weighted by Gasteiger charge is 2.47. The largest absolute Gasteiger partial charge is 0.507 e. The van der Waals surface area contributed by atoms with Gasteiger partial charge in [-0.1, -0.05) is 35.9 Å². The third kappa shape index (κ3) is 3.62. The van der Waals surface area contributed by atoms with Gasteiger partial charge in [-0.25, -0.2) is 0 Å². The SMILES string of the molecule is COc1cc([C@H]2C(=C(O)c3ccc(Cl)cc3)C(=O)C(=O)N2c2ccccc2)ccc1O. The monoisotopic (exact) mass is 435 g/mol. The number of hydrogen-bond acceptors (Lipinski definition) is 5. The Kier molecular flexibility index (Phi) is 5.40. The number of phenols is 1. The maximum absolute atomic E-state index is 13.1. The number of benzene rings is 3. The van der Waals surface area contributed by atoms with Crippen LogP contribution in [0, 0.1) is 0 Å². The van der Waals surface area contributed by atoms with Gasteiger partial charge in [0.25, 0.3) is 11.7 Å². The molecular formula is C24H18ClNO5. The third-order valence-electron chi connectivity index (χ3n) is 5.12. The summed E-state index contributed by atoms with van der Waals surface area (Å²) in [5.74, 6) is -1.79. The number of aliphatic hydroxyl groups is 1. The van der Waals surface area contributed by atoms with Crippen molar-refractivity contribution in [2.75, 3.05) is 12.0 Å². The van der Waals surface area contributed by atoms with Crippen molar-refractivity contribution in [3.8, 4) is 11.5 Å². The summed E-state index contributed by atoms with van der Waals surface area (Å²) >= 11 is 5.94. The zero-order valence-corrected chi connectivity index (χ0v) is 17.2. The molecule has 1 fully saturated rings. The second kappa shape index (κ2) is 8.16. The van der Waals surface area contributed by atoms with Crippen LogP contribution in [-0.4, -0.2) is 29.0 Å². The molecule has 3 aromatic carbocycles. The summed E-state index contributed by atoms with van der Waals surface area (Å²) in [6, 6.07) is 18.6. The number of halogens is 1. The van der Waals surface area contributed by atoms with Gasteiger partial charge in [0.05, 0.1) is 18.7 Å². The molecule has 0 aromatic heterocycles. The summed E-state index contributed by atoms with van der Waals surface area (Å²) in [5.41, 5.74) is 1.28. The predicted molar refractivity (Wildman–Crippen MR) is 117 cm³/mol. The lowest BCUT2D eigenvalue weighted by molar-refractivity contribution is -0.132. The molecule has 0 aliphatic carbocycles. The molecule has 1 amide bonds. The first-order chi connectivity index (χ1) is 14.9. The Morgan fingerprint density at radius 3 is 2.32 bits per heavy atom. The van der Waals surface area contributed by atoms with Crippen molar-refractivity contribution in [2.24, 2.45) is 0 Å². The fourth-order valence-corrected chi connectivity index (χ4v) is 3.76. The van der Waals surface area contributed by atoms with E-state index in [1.807, 2.05) is 0 Å². The molecule has 6 nitrogen and oxygen atoms in total. The Bertz CT molecular complexity index is 1190. The van der Waals surface area contributed by atoms with Crippen molar-refractivity contribution in [1.29, 1.82) is 0 Å². The summed E-state index contributed by atoms with van der Waals surface area (Å²) in [5, 5.41) is 21.5. The van der Waals surface area contributed by atoms with E-state index in [0.717, 1.165) is 0 Å². The topological polar surface area (TPSA) is 87.1 Å². The Morgan fingerprint density at radius 1 is 1.00 bits per heavy atom. The van der Waals surface area contributed by atoms with E-state index in [1.54, 1.807) is 60.7 Å². The van der Waals surface area contributed by atoms with E-state index in [2.05, 4.69) is 0 Å². The van der Waals surface area contributed by atoms with Gasteiger partial charge in [0.2, 0.25) is 0 Å². The Labute approximate surface area is 183 Å². The molecule has 1 aliphatic heterocycles. The Hall–Kier alpha value is -3.77. The number of nitrogens with zero attached hydrogens (tertiary/aromatic N) is 1. The van der Waals surface area contributed by atoms with Crippen LogP contribution in [0.1, 0.15) is 17.2 Å². The van der Waals surface area contributed by atoms with E-state index >= 15 is 0 Å². The average molecular weight is 436 g/mol. The van der Waals surface area contributed by atoms with Crippen LogP contribution in [0.3, 0.4) is 0 Å². The van der Waals surface area contributed by atoms with Crippen LogP contribution >= 0.6 is 11.6 Å². The highest BCUT2D eigenvalue weighted by atomic mass is 35.5. The molecule has 0 spiro atoms. The van der Waals surface area contributed by atoms with Crippen molar-refractivity contribution in [3.05, 3.63) is 94.5 Å². The quantitative estimate of drug-likeness (QED) is 0.353. The highest BCUT2D eigenvalue weighted by molar-refractivity contribution is 6.51. The van der Waals surface area contributed by atoms with Crippen LogP contribution in [-0.2, 0) is 9.59 Å². The number of ketones is 1. The lowest BCUT2D eigenvalue weighted by Crippen LogP contribution is -2.29. The Morgan fingerprint density at radius 2 is 1.68 bits per heavy atom. The normalized spacial score (nSPS) is 17.7. The van der Waals surface area contributed by atoms with Gasteiger partial charge in [-0.15, -0.1) is 0 Å². The van der Waals surface area contributed by atoms with Gasteiger partial charge >= 0.3 is 0 Å². The number of ether oxygens (including phenoxy) is 1. The van der Waals surface area contributed by atoms with Crippen molar-refractivity contribution < 1.29 is 24.5 Å². The number of aliphatic hydroxyl groups excluding tert-OH is 1. The number of aromatic hydroxyl groups is 1. The molecule has 31 heavy (non-hydrogen) atoms. The zero-order chi connectivity index (χ0) is 22.1. The van der Waals surface area contributed by atoms with Gasteiger partial charge in [-0.05, 0) is 54.1 Å². The molecule has 156 valence electrons. The average Bonchev–Trinajstić information content (AvgIpc) is 3.05. The van der Waals surface area contributed by atoms with Gasteiger partial charge in [0.15, 0.2) is 11.5 Å². The maximum atomic E-state index is 13.1. The number of phenolic OH excluding ortho intramolecular Hbond substituents is 1. The van der Waals surface area contributed by atoms with Crippen LogP contribution in [0.15, 0.2) is 78.4 Å². The molecule has 1 aliphatic rings. The number of anilines is 1. The maximum Gasteiger partial charge on any atom is 0.300 e. The molecular weight excluding hydrogens is 418 g/mol. The Balaban J connectivity index is 1.96. The summed E-state index contributed by atoms with van der Waals surface area (Å²) < 4.78 is 5.20. The molecule has 1 atom stereocenters. The molecule has 4 rings (SSSR count). The lowest BCUT2D eigenvalue weighted by atomic mass is 9.95. The molecule has 7 heteroatoms. The van der Waals surface area contributed by atoms with E-state index < -0.39 is 17.7 Å². The summed E-state index contributed by atoms with van der Waals surface area (Å²) in [6.45, 7) is 0. The molecule has 1 saturated heterocycles. The minimum atomic E-state index is -0.924. The van der Waals surface area contributed by atoms with E-state index in [9.17, 15) is 19.8 Å². The fraction of sp³-hybridized carbons (Fsp3) is 0.0833. The third-order valence-corrected chi connectivity index (χ3v) is 5.37. The first-order valence-electron chi connectivity index (χ1n) is 9.41. The smallest absolute Gasteiger partial charge is 0.300 e. The lowest BCUT2D eigenvalue weighted by Gasteiger charge is -2.25. The number of amides is 1. The number of Topliss-reactive ketones (excluding diaryl/α,β-unsaturated/α-hetero) is 1. The number of carbonyl (C=O) groups is 2.